The van der Waals surface area contributed by atoms with E-state index in [2.05, 4.69) is 28.2 Å². The van der Waals surface area contributed by atoms with E-state index in [1.807, 2.05) is 43.4 Å². The molecule has 0 amide bonds. The molecule has 5 rings (SSSR count). The normalized spacial score (nSPS) is 12.8. The van der Waals surface area contributed by atoms with Crippen molar-refractivity contribution in [2.24, 2.45) is 0 Å². The maximum Gasteiger partial charge on any atom is 0.259 e. The van der Waals surface area contributed by atoms with E-state index < -0.39 is 0 Å². The van der Waals surface area contributed by atoms with E-state index in [0.29, 0.717) is 11.2 Å². The van der Waals surface area contributed by atoms with Crippen LogP contribution >= 0.6 is 23.1 Å². The summed E-state index contributed by atoms with van der Waals surface area (Å²) in [5.41, 5.74) is 3.79. The van der Waals surface area contributed by atoms with Crippen LogP contribution in [0.5, 0.6) is 5.75 Å². The molecule has 9 heteroatoms. The zero-order valence-corrected chi connectivity index (χ0v) is 19.4. The molecule has 31 heavy (non-hydrogen) atoms. The summed E-state index contributed by atoms with van der Waals surface area (Å²) < 4.78 is 7.46. The summed E-state index contributed by atoms with van der Waals surface area (Å²) in [5, 5.41) is 11.2. The number of aryl methyl sites for hydroxylation is 3. The first-order valence-electron chi connectivity index (χ1n) is 9.86. The SMILES string of the molecule is COc1ccc2c(C)cc3nnc(SC(C)c4nc5sc(C)c(C)c5c(=O)[nH]4)n3c2c1. The summed E-state index contributed by atoms with van der Waals surface area (Å²) in [7, 11) is 1.66. The van der Waals surface area contributed by atoms with Crippen molar-refractivity contribution in [2.45, 2.75) is 38.1 Å². The Labute approximate surface area is 186 Å². The minimum atomic E-state index is -0.117. The van der Waals surface area contributed by atoms with Gasteiger partial charge in [0.1, 0.15) is 16.4 Å². The molecule has 4 aromatic heterocycles. The molecule has 0 radical (unpaired) electrons. The molecule has 0 saturated carbocycles. The number of thioether (sulfide) groups is 1. The molecule has 1 unspecified atom stereocenters. The maximum absolute atomic E-state index is 12.7. The quantitative estimate of drug-likeness (QED) is 0.389. The predicted molar refractivity (Wildman–Crippen MR) is 126 cm³/mol. The van der Waals surface area contributed by atoms with E-state index in [1.165, 1.54) is 11.8 Å². The summed E-state index contributed by atoms with van der Waals surface area (Å²) in [4.78, 5) is 22.3. The van der Waals surface area contributed by atoms with Gasteiger partial charge in [0.25, 0.3) is 5.56 Å². The number of ether oxygens (including phenoxy) is 1. The second-order valence-corrected chi connectivity index (χ2v) is 10.1. The first kappa shape index (κ1) is 20.0. The molecular formula is C22H21N5O2S2. The molecule has 7 nitrogen and oxygen atoms in total. The Morgan fingerprint density at radius 3 is 2.77 bits per heavy atom. The summed E-state index contributed by atoms with van der Waals surface area (Å²) in [6.45, 7) is 8.06. The first-order chi connectivity index (χ1) is 14.9. The van der Waals surface area contributed by atoms with Crippen LogP contribution in [0.25, 0.3) is 26.8 Å². The predicted octanol–water partition coefficient (Wildman–Crippen LogP) is 4.97. The van der Waals surface area contributed by atoms with Gasteiger partial charge in [-0.05, 0) is 57.0 Å². The Morgan fingerprint density at radius 2 is 2.00 bits per heavy atom. The zero-order chi connectivity index (χ0) is 21.9. The van der Waals surface area contributed by atoms with Crippen molar-refractivity contribution in [3.05, 3.63) is 56.4 Å². The van der Waals surface area contributed by atoms with Gasteiger partial charge < -0.3 is 9.72 Å². The van der Waals surface area contributed by atoms with Crippen LogP contribution in [-0.4, -0.2) is 31.7 Å². The van der Waals surface area contributed by atoms with E-state index >= 15 is 0 Å². The van der Waals surface area contributed by atoms with Crippen molar-refractivity contribution in [1.29, 1.82) is 0 Å². The molecule has 0 spiro atoms. The summed E-state index contributed by atoms with van der Waals surface area (Å²) in [5.74, 6) is 1.41. The number of pyridine rings is 1. The number of aromatic amines is 1. The minimum absolute atomic E-state index is 0.0915. The molecule has 158 valence electrons. The monoisotopic (exact) mass is 451 g/mol. The third-order valence-corrected chi connectivity index (χ3v) is 7.75. The van der Waals surface area contributed by atoms with Crippen LogP contribution in [-0.2, 0) is 0 Å². The van der Waals surface area contributed by atoms with Gasteiger partial charge in [0, 0.05) is 16.3 Å². The Hall–Kier alpha value is -2.91. The zero-order valence-electron chi connectivity index (χ0n) is 17.8. The molecule has 5 aromatic rings. The summed E-state index contributed by atoms with van der Waals surface area (Å²) in [6.07, 6.45) is 0. The van der Waals surface area contributed by atoms with Crippen molar-refractivity contribution in [1.82, 2.24) is 24.6 Å². The molecule has 0 aliphatic carbocycles. The number of hydrogen-bond donors (Lipinski definition) is 1. The largest absolute Gasteiger partial charge is 0.497 e. The lowest BCUT2D eigenvalue weighted by molar-refractivity contribution is 0.415. The van der Waals surface area contributed by atoms with Crippen LogP contribution in [0.1, 0.15) is 34.0 Å². The highest BCUT2D eigenvalue weighted by Crippen LogP contribution is 2.36. The van der Waals surface area contributed by atoms with Crippen LogP contribution in [0.3, 0.4) is 0 Å². The number of fused-ring (bicyclic) bond motifs is 4. The third kappa shape index (κ3) is 3.19. The third-order valence-electron chi connectivity index (χ3n) is 5.60. The Bertz CT molecular complexity index is 1530. The molecule has 0 bridgehead atoms. The van der Waals surface area contributed by atoms with Gasteiger partial charge in [0.05, 0.1) is 23.3 Å². The smallest absolute Gasteiger partial charge is 0.259 e. The number of hydrogen-bond acceptors (Lipinski definition) is 7. The van der Waals surface area contributed by atoms with Gasteiger partial charge >= 0.3 is 0 Å². The Morgan fingerprint density at radius 1 is 1.19 bits per heavy atom. The lowest BCUT2D eigenvalue weighted by Gasteiger charge is -2.12. The number of aromatic nitrogens is 5. The molecule has 1 atom stereocenters. The van der Waals surface area contributed by atoms with Crippen LogP contribution < -0.4 is 10.3 Å². The highest BCUT2D eigenvalue weighted by atomic mass is 32.2. The second-order valence-electron chi connectivity index (χ2n) is 7.56. The van der Waals surface area contributed by atoms with Gasteiger partial charge in [-0.3, -0.25) is 9.20 Å². The van der Waals surface area contributed by atoms with E-state index in [1.54, 1.807) is 18.4 Å². The van der Waals surface area contributed by atoms with E-state index in [4.69, 9.17) is 9.72 Å². The first-order valence-corrected chi connectivity index (χ1v) is 11.6. The van der Waals surface area contributed by atoms with Crippen molar-refractivity contribution in [2.75, 3.05) is 7.11 Å². The maximum atomic E-state index is 12.7. The Balaban J connectivity index is 1.61. The molecule has 0 fully saturated rings. The van der Waals surface area contributed by atoms with Crippen molar-refractivity contribution >= 4 is 49.9 Å². The van der Waals surface area contributed by atoms with Gasteiger partial charge in [-0.25, -0.2) is 4.98 Å². The van der Waals surface area contributed by atoms with Gasteiger partial charge in [0.15, 0.2) is 10.8 Å². The van der Waals surface area contributed by atoms with Gasteiger partial charge in [-0.15, -0.1) is 21.5 Å². The fourth-order valence-electron chi connectivity index (χ4n) is 3.78. The molecule has 0 aliphatic rings. The highest BCUT2D eigenvalue weighted by Gasteiger charge is 2.20. The number of nitrogens with zero attached hydrogens (tertiary/aromatic N) is 4. The lowest BCUT2D eigenvalue weighted by Crippen LogP contribution is -2.12. The average Bonchev–Trinajstić information content (AvgIpc) is 3.28. The number of nitrogens with one attached hydrogen (secondary N) is 1. The van der Waals surface area contributed by atoms with E-state index in [-0.39, 0.29) is 10.8 Å². The van der Waals surface area contributed by atoms with Crippen molar-refractivity contribution in [3.63, 3.8) is 0 Å². The lowest BCUT2D eigenvalue weighted by atomic mass is 10.1. The van der Waals surface area contributed by atoms with Crippen molar-refractivity contribution in [3.8, 4) is 5.75 Å². The van der Waals surface area contributed by atoms with Gasteiger partial charge in [-0.2, -0.15) is 0 Å². The molecule has 1 aromatic carbocycles. The summed E-state index contributed by atoms with van der Waals surface area (Å²) >= 11 is 3.07. The second kappa shape index (κ2) is 7.35. The van der Waals surface area contributed by atoms with Crippen LogP contribution in [0.2, 0.25) is 0 Å². The molecule has 0 aliphatic heterocycles. The molecule has 0 saturated heterocycles. The molecular weight excluding hydrogens is 430 g/mol. The number of thiophene rings is 1. The average molecular weight is 452 g/mol. The minimum Gasteiger partial charge on any atom is -0.497 e. The van der Waals surface area contributed by atoms with E-state index in [0.717, 1.165) is 48.3 Å². The van der Waals surface area contributed by atoms with Crippen LogP contribution in [0, 0.1) is 20.8 Å². The van der Waals surface area contributed by atoms with Gasteiger partial charge in [0.2, 0.25) is 0 Å². The van der Waals surface area contributed by atoms with Crippen molar-refractivity contribution < 1.29 is 4.74 Å². The number of rotatable bonds is 4. The standard InChI is InChI=1S/C22H21N5O2S2/c1-10-8-17-25-26-22(27(17)16-9-14(29-5)6-7-15(10)16)31-13(4)19-23-20(28)18-11(2)12(3)30-21(18)24-19/h6-9,13H,1-5H3,(H,23,24,28). The highest BCUT2D eigenvalue weighted by molar-refractivity contribution is 7.99. The molecule has 1 N–H and O–H groups in total. The van der Waals surface area contributed by atoms with Gasteiger partial charge in [-0.1, -0.05) is 11.8 Å². The number of methoxy groups -OCH3 is 1. The van der Waals surface area contributed by atoms with Crippen LogP contribution in [0.4, 0.5) is 0 Å². The molecule has 4 heterocycles. The Kier molecular flexibility index (Phi) is 4.75. The fourth-order valence-corrected chi connectivity index (χ4v) is 5.75. The van der Waals surface area contributed by atoms with Crippen LogP contribution in [0.15, 0.2) is 34.2 Å². The fraction of sp³-hybridized carbons (Fsp3) is 0.273. The van der Waals surface area contributed by atoms with E-state index in [9.17, 15) is 4.79 Å². The topological polar surface area (TPSA) is 85.2 Å². The number of benzene rings is 1. The number of H-pyrrole nitrogens is 1. The summed E-state index contributed by atoms with van der Waals surface area (Å²) in [6, 6.07) is 8.03.